The molecule has 0 aliphatic heterocycles. The number of unbranched alkanes of at least 4 members (excludes halogenated alkanes) is 1. The maximum absolute atomic E-state index is 5.53. The molecule has 0 saturated carbocycles. The third-order valence-corrected chi connectivity index (χ3v) is 4.55. The van der Waals surface area contributed by atoms with Crippen LogP contribution >= 0.6 is 0 Å². The molecule has 0 fully saturated rings. The lowest BCUT2D eigenvalue weighted by Crippen LogP contribution is -2.29. The van der Waals surface area contributed by atoms with E-state index < -0.39 is 0 Å². The Labute approximate surface area is 248 Å². The third kappa shape index (κ3) is 43.0. The van der Waals surface area contributed by atoms with E-state index >= 15 is 0 Å². The highest BCUT2D eigenvalue weighted by atomic mass is 16.5. The minimum absolute atomic E-state index is 0.109. The number of nitrogens with zero attached hydrogens (tertiary/aromatic N) is 2. The first-order valence-corrected chi connectivity index (χ1v) is 14.1. The van der Waals surface area contributed by atoms with Gasteiger partial charge in [0.25, 0.3) is 0 Å². The van der Waals surface area contributed by atoms with Gasteiger partial charge in [0.2, 0.25) is 0 Å². The molecule has 0 amide bonds. The van der Waals surface area contributed by atoms with Crippen molar-refractivity contribution in [1.29, 1.82) is 0 Å². The molecule has 7 nitrogen and oxygen atoms in total. The second kappa shape index (κ2) is 31.5. The van der Waals surface area contributed by atoms with Crippen molar-refractivity contribution in [1.82, 2.24) is 9.80 Å². The van der Waals surface area contributed by atoms with Crippen LogP contribution in [0.1, 0.15) is 61.3 Å². The van der Waals surface area contributed by atoms with E-state index in [9.17, 15) is 0 Å². The molecule has 0 unspecified atom stereocenters. The number of terminal acetylenes is 4. The fourth-order valence-corrected chi connectivity index (χ4v) is 2.61. The normalized spacial score (nSPS) is 10.7. The molecule has 0 aliphatic carbocycles. The Morgan fingerprint density at radius 3 is 1.68 bits per heavy atom. The van der Waals surface area contributed by atoms with Gasteiger partial charge in [0.05, 0.1) is 63.9 Å². The zero-order valence-electron chi connectivity index (χ0n) is 26.8. The zero-order valence-corrected chi connectivity index (χ0v) is 26.8. The molecule has 0 rings (SSSR count). The van der Waals surface area contributed by atoms with Gasteiger partial charge in [-0.15, -0.1) is 25.7 Å². The van der Waals surface area contributed by atoms with Crippen LogP contribution < -0.4 is 0 Å². The monoisotopic (exact) mass is 562 g/mol. The quantitative estimate of drug-likeness (QED) is 0.163. The molecule has 0 aromatic heterocycles. The van der Waals surface area contributed by atoms with E-state index in [1.165, 1.54) is 0 Å². The maximum Gasteiger partial charge on any atom is 0.107 e. The van der Waals surface area contributed by atoms with Crippen LogP contribution in [0.2, 0.25) is 0 Å². The summed E-state index contributed by atoms with van der Waals surface area (Å²) >= 11 is 0. The molecule has 0 radical (unpaired) electrons. The van der Waals surface area contributed by atoms with Crippen LogP contribution in [0.15, 0.2) is 0 Å². The predicted molar refractivity (Wildman–Crippen MR) is 168 cm³/mol. The highest BCUT2D eigenvalue weighted by Crippen LogP contribution is 2.05. The lowest BCUT2D eigenvalue weighted by molar-refractivity contribution is -0.0363. The Morgan fingerprint density at radius 1 is 0.625 bits per heavy atom. The number of ether oxygens (including phenoxy) is 5. The van der Waals surface area contributed by atoms with Gasteiger partial charge in [-0.2, -0.15) is 0 Å². The smallest absolute Gasteiger partial charge is 0.107 e. The Morgan fingerprint density at radius 2 is 1.18 bits per heavy atom. The number of likely N-dealkylation sites (N-methyl/N-ethyl adjacent to an activating group) is 1. The average molecular weight is 563 g/mol. The Kier molecular flexibility index (Phi) is 33.4. The van der Waals surface area contributed by atoms with E-state index in [2.05, 4.69) is 28.6 Å². The van der Waals surface area contributed by atoms with Crippen LogP contribution in [-0.2, 0) is 23.7 Å². The lowest BCUT2D eigenvalue weighted by Gasteiger charge is -2.20. The van der Waals surface area contributed by atoms with Gasteiger partial charge in [0.1, 0.15) is 6.61 Å². The molecule has 0 aliphatic rings. The Bertz CT molecular complexity index is 689. The summed E-state index contributed by atoms with van der Waals surface area (Å²) in [5.41, 5.74) is -0.109. The van der Waals surface area contributed by atoms with E-state index in [0.29, 0.717) is 58.3 Å². The molecule has 7 heteroatoms. The highest BCUT2D eigenvalue weighted by Gasteiger charge is 2.09. The third-order valence-electron chi connectivity index (χ3n) is 4.55. The molecular formula is C33H58N2O5. The van der Waals surface area contributed by atoms with E-state index in [0.717, 1.165) is 45.8 Å². The molecule has 0 atom stereocenters. The minimum atomic E-state index is -0.109. The number of hydrogen-bond acceptors (Lipinski definition) is 7. The molecular weight excluding hydrogens is 504 g/mol. The molecule has 230 valence electrons. The Hall–Kier alpha value is -2.04. The van der Waals surface area contributed by atoms with E-state index in [1.54, 1.807) is 0 Å². The van der Waals surface area contributed by atoms with Crippen molar-refractivity contribution in [3.05, 3.63) is 0 Å². The van der Waals surface area contributed by atoms with Gasteiger partial charge < -0.3 is 23.7 Å². The first-order chi connectivity index (χ1) is 18.9. The van der Waals surface area contributed by atoms with Crippen molar-refractivity contribution in [2.75, 3.05) is 86.0 Å². The van der Waals surface area contributed by atoms with Gasteiger partial charge in [0.15, 0.2) is 0 Å². The topological polar surface area (TPSA) is 52.6 Å². The van der Waals surface area contributed by atoms with Crippen molar-refractivity contribution in [2.24, 2.45) is 0 Å². The van der Waals surface area contributed by atoms with E-state index in [4.69, 9.17) is 49.4 Å². The molecule has 0 bridgehead atoms. The predicted octanol–water partition coefficient (Wildman–Crippen LogP) is 4.20. The maximum atomic E-state index is 5.53. The Balaban J connectivity index is -0.000000530. The van der Waals surface area contributed by atoms with Gasteiger partial charge in [0, 0.05) is 26.3 Å². The van der Waals surface area contributed by atoms with Gasteiger partial charge in [-0.25, -0.2) is 0 Å². The van der Waals surface area contributed by atoms with Crippen molar-refractivity contribution in [3.8, 4) is 49.4 Å². The van der Waals surface area contributed by atoms with Crippen LogP contribution in [0.25, 0.3) is 0 Å². The van der Waals surface area contributed by atoms with Gasteiger partial charge in [-0.3, -0.25) is 9.80 Å². The van der Waals surface area contributed by atoms with Crippen LogP contribution in [-0.4, -0.2) is 114 Å². The van der Waals surface area contributed by atoms with Gasteiger partial charge in [-0.1, -0.05) is 23.7 Å². The van der Waals surface area contributed by atoms with Crippen LogP contribution in [0, 0.1) is 49.4 Å². The molecule has 0 heterocycles. The summed E-state index contributed by atoms with van der Waals surface area (Å²) in [5, 5.41) is 0. The molecule has 0 spiro atoms. The summed E-state index contributed by atoms with van der Waals surface area (Å²) in [5.74, 6) is 10.1. The van der Waals surface area contributed by atoms with Gasteiger partial charge >= 0.3 is 0 Å². The first kappa shape index (κ1) is 42.4. The van der Waals surface area contributed by atoms with Crippen molar-refractivity contribution >= 4 is 0 Å². The average Bonchev–Trinajstić information content (AvgIpc) is 2.86. The molecule has 0 aromatic rings. The fraction of sp³-hybridized carbons (Fsp3) is 0.758. The van der Waals surface area contributed by atoms with Crippen molar-refractivity contribution < 1.29 is 23.7 Å². The molecule has 0 saturated heterocycles. The van der Waals surface area contributed by atoms with Crippen molar-refractivity contribution in [3.63, 3.8) is 0 Å². The minimum Gasteiger partial charge on any atom is -0.379 e. The summed E-state index contributed by atoms with van der Waals surface area (Å²) in [7, 11) is 1.99. The second-order valence-electron chi connectivity index (χ2n) is 10.4. The standard InChI is InChI=1S/C14H23NO2.C10H18O2.C9H17NO/c1-6-8-15(9-7-2)10-11-16-12-13-17-14(3,4)5;1-4-7-11-8-5-6-9-12-10(2)3;1-5-6-10(4)7-8-11-9(2)3/h1-2H,8-13H2,3-5H3;1,10H,5-9H2,2-3H3;1,9H,6-8H2,2-4H3. The molecule has 0 N–H and O–H groups in total. The molecule has 40 heavy (non-hydrogen) atoms. The van der Waals surface area contributed by atoms with Crippen LogP contribution in [0.5, 0.6) is 0 Å². The summed E-state index contributed by atoms with van der Waals surface area (Å²) < 4.78 is 26.8. The second-order valence-corrected chi connectivity index (χ2v) is 10.4. The van der Waals surface area contributed by atoms with Crippen molar-refractivity contribution in [2.45, 2.75) is 79.1 Å². The highest BCUT2D eigenvalue weighted by molar-refractivity contribution is 4.94. The summed E-state index contributed by atoms with van der Waals surface area (Å²) in [6.07, 6.45) is 23.3. The van der Waals surface area contributed by atoms with Crippen LogP contribution in [0.4, 0.5) is 0 Å². The van der Waals surface area contributed by atoms with E-state index in [1.807, 2.05) is 60.4 Å². The first-order valence-electron chi connectivity index (χ1n) is 14.1. The lowest BCUT2D eigenvalue weighted by atomic mass is 10.2. The largest absolute Gasteiger partial charge is 0.379 e. The zero-order chi connectivity index (χ0) is 31.1. The van der Waals surface area contributed by atoms with Gasteiger partial charge in [-0.05, 0) is 68.4 Å². The van der Waals surface area contributed by atoms with Crippen LogP contribution in [0.3, 0.4) is 0 Å². The summed E-state index contributed by atoms with van der Waals surface area (Å²) in [4.78, 5) is 4.05. The molecule has 0 aromatic carbocycles. The SMILES string of the molecule is C#CCN(C)CCOC(C)C.C#CCN(CC#C)CCOCCOC(C)(C)C.C#CCOCCCCOC(C)C. The van der Waals surface area contributed by atoms with E-state index in [-0.39, 0.29) is 5.60 Å². The number of hydrogen-bond donors (Lipinski definition) is 0. The fourth-order valence-electron chi connectivity index (χ4n) is 2.61. The summed E-state index contributed by atoms with van der Waals surface area (Å²) in [6, 6.07) is 0. The number of rotatable bonds is 20. The summed E-state index contributed by atoms with van der Waals surface area (Å²) in [6.45, 7) is 22.2.